The van der Waals surface area contributed by atoms with Gasteiger partial charge < -0.3 is 19.8 Å². The van der Waals surface area contributed by atoms with Crippen molar-refractivity contribution >= 4 is 45.6 Å². The molecule has 1 aromatic carbocycles. The summed E-state index contributed by atoms with van der Waals surface area (Å²) in [5, 5.41) is 4.14. The van der Waals surface area contributed by atoms with Gasteiger partial charge in [-0.05, 0) is 23.8 Å². The number of pyridine rings is 1. The second-order valence-corrected chi connectivity index (χ2v) is 8.42. The molecule has 8 heteroatoms. The van der Waals surface area contributed by atoms with Crippen LogP contribution in [0.3, 0.4) is 0 Å². The number of nitrogens with zero attached hydrogens (tertiary/aromatic N) is 4. The van der Waals surface area contributed by atoms with E-state index in [-0.39, 0.29) is 5.91 Å². The number of fused-ring (bicyclic) bond motifs is 3. The highest BCUT2D eigenvalue weighted by atomic mass is 32.2. The molecule has 0 radical (unpaired) electrons. The van der Waals surface area contributed by atoms with Crippen molar-refractivity contribution in [3.05, 3.63) is 42.2 Å². The van der Waals surface area contributed by atoms with Crippen molar-refractivity contribution in [2.45, 2.75) is 0 Å². The molecule has 0 bridgehead atoms. The van der Waals surface area contributed by atoms with Gasteiger partial charge in [-0.3, -0.25) is 4.79 Å². The van der Waals surface area contributed by atoms with Crippen LogP contribution in [0, 0.1) is 0 Å². The minimum atomic E-state index is 0.105. The molecule has 0 saturated carbocycles. The first-order valence-corrected chi connectivity index (χ1v) is 10.8. The zero-order valence-corrected chi connectivity index (χ0v) is 17.2. The number of amides is 1. The Morgan fingerprint density at radius 2 is 2.07 bits per heavy atom. The number of anilines is 1. The molecule has 0 spiro atoms. The fraction of sp³-hybridized carbons (Fsp3) is 0.286. The molecule has 148 valence electrons. The van der Waals surface area contributed by atoms with Gasteiger partial charge >= 0.3 is 0 Å². The van der Waals surface area contributed by atoms with Crippen molar-refractivity contribution in [1.29, 1.82) is 0 Å². The van der Waals surface area contributed by atoms with Crippen LogP contribution in [0.4, 0.5) is 5.82 Å². The van der Waals surface area contributed by atoms with Gasteiger partial charge in [-0.15, -0.1) is 0 Å². The molecule has 4 aromatic rings. The Morgan fingerprint density at radius 3 is 2.86 bits per heavy atom. The van der Waals surface area contributed by atoms with Crippen LogP contribution in [0.5, 0.6) is 0 Å². The molecule has 1 aliphatic heterocycles. The number of aromatic amines is 1. The standard InChI is InChI=1S/C21H22N6OS/c1-22-20-17-18(26(2)12-23-17)15-11-16(24-19(15)25-20)13-4-3-5-14(10-13)21(28)27-6-8-29-9-7-27/h3-5,10-12H,6-9H2,1-2H3,(H2,22,24,25). The molecule has 0 unspecified atom stereocenters. The first-order valence-electron chi connectivity index (χ1n) is 9.64. The van der Waals surface area contributed by atoms with E-state index in [0.29, 0.717) is 0 Å². The summed E-state index contributed by atoms with van der Waals surface area (Å²) in [5.74, 6) is 2.86. The Morgan fingerprint density at radius 1 is 1.24 bits per heavy atom. The number of rotatable bonds is 3. The highest BCUT2D eigenvalue weighted by Gasteiger charge is 2.19. The predicted molar refractivity (Wildman–Crippen MR) is 119 cm³/mol. The molecular weight excluding hydrogens is 384 g/mol. The highest BCUT2D eigenvalue weighted by molar-refractivity contribution is 7.99. The summed E-state index contributed by atoms with van der Waals surface area (Å²) < 4.78 is 2.01. The molecule has 7 nitrogen and oxygen atoms in total. The topological polar surface area (TPSA) is 78.8 Å². The van der Waals surface area contributed by atoms with Crippen LogP contribution < -0.4 is 5.32 Å². The molecule has 1 aliphatic rings. The third kappa shape index (κ3) is 3.04. The molecule has 4 heterocycles. The first kappa shape index (κ1) is 18.1. The number of hydrogen-bond acceptors (Lipinski definition) is 5. The van der Waals surface area contributed by atoms with E-state index < -0.39 is 0 Å². The molecular formula is C21H22N6OS. The monoisotopic (exact) mass is 406 g/mol. The van der Waals surface area contributed by atoms with Gasteiger partial charge in [-0.1, -0.05) is 12.1 Å². The molecule has 1 fully saturated rings. The highest BCUT2D eigenvalue weighted by Crippen LogP contribution is 2.32. The number of carbonyl (C=O) groups is 1. The van der Waals surface area contributed by atoms with E-state index in [0.717, 1.165) is 69.3 Å². The molecule has 5 rings (SSSR count). The number of benzene rings is 1. The fourth-order valence-corrected chi connectivity index (χ4v) is 4.80. The number of H-pyrrole nitrogens is 1. The molecule has 1 amide bonds. The summed E-state index contributed by atoms with van der Waals surface area (Å²) in [5.41, 5.74) is 5.31. The van der Waals surface area contributed by atoms with Crippen molar-refractivity contribution in [3.8, 4) is 11.3 Å². The van der Waals surface area contributed by atoms with E-state index in [9.17, 15) is 4.79 Å². The number of thioether (sulfide) groups is 1. The number of nitrogens with one attached hydrogen (secondary N) is 2. The van der Waals surface area contributed by atoms with Crippen molar-refractivity contribution in [1.82, 2.24) is 24.4 Å². The number of imidazole rings is 1. The molecule has 3 aromatic heterocycles. The van der Waals surface area contributed by atoms with Crippen LogP contribution in [0.2, 0.25) is 0 Å². The van der Waals surface area contributed by atoms with Crippen molar-refractivity contribution in [2.24, 2.45) is 7.05 Å². The van der Waals surface area contributed by atoms with Crippen molar-refractivity contribution in [2.75, 3.05) is 37.0 Å². The quantitative estimate of drug-likeness (QED) is 0.546. The van der Waals surface area contributed by atoms with Gasteiger partial charge in [0.05, 0.1) is 11.8 Å². The van der Waals surface area contributed by atoms with E-state index in [1.54, 1.807) is 6.33 Å². The second kappa shape index (κ2) is 7.11. The van der Waals surface area contributed by atoms with Gasteiger partial charge in [0.25, 0.3) is 5.91 Å². The lowest BCUT2D eigenvalue weighted by molar-refractivity contribution is 0.0772. The largest absolute Gasteiger partial charge is 0.371 e. The molecule has 0 aliphatic carbocycles. The van der Waals surface area contributed by atoms with E-state index in [2.05, 4.69) is 21.4 Å². The second-order valence-electron chi connectivity index (χ2n) is 7.19. The summed E-state index contributed by atoms with van der Waals surface area (Å²) in [4.78, 5) is 27.4. The zero-order chi connectivity index (χ0) is 20.0. The summed E-state index contributed by atoms with van der Waals surface area (Å²) in [6, 6.07) is 9.92. The number of aromatic nitrogens is 4. The smallest absolute Gasteiger partial charge is 0.253 e. The Hall–Kier alpha value is -3.00. The summed E-state index contributed by atoms with van der Waals surface area (Å²) in [6.45, 7) is 1.63. The van der Waals surface area contributed by atoms with Crippen molar-refractivity contribution < 1.29 is 4.79 Å². The lowest BCUT2D eigenvalue weighted by atomic mass is 10.1. The minimum absolute atomic E-state index is 0.105. The maximum absolute atomic E-state index is 12.9. The minimum Gasteiger partial charge on any atom is -0.371 e. The molecule has 0 atom stereocenters. The van der Waals surface area contributed by atoms with Gasteiger partial charge in [0, 0.05) is 55.3 Å². The van der Waals surface area contributed by atoms with E-state index in [4.69, 9.17) is 4.98 Å². The Labute approximate surface area is 172 Å². The number of carbonyl (C=O) groups excluding carboxylic acids is 1. The average Bonchev–Trinajstić information content (AvgIpc) is 3.37. The summed E-state index contributed by atoms with van der Waals surface area (Å²) >= 11 is 1.90. The van der Waals surface area contributed by atoms with Crippen LogP contribution in [0.1, 0.15) is 10.4 Å². The molecule has 1 saturated heterocycles. The lowest BCUT2D eigenvalue weighted by Crippen LogP contribution is -2.37. The van der Waals surface area contributed by atoms with Crippen LogP contribution >= 0.6 is 11.8 Å². The van der Waals surface area contributed by atoms with Crippen LogP contribution in [-0.2, 0) is 7.05 Å². The fourth-order valence-electron chi connectivity index (χ4n) is 3.90. The zero-order valence-electron chi connectivity index (χ0n) is 16.4. The van der Waals surface area contributed by atoms with Crippen LogP contribution in [0.25, 0.3) is 33.3 Å². The normalized spacial score (nSPS) is 14.6. The maximum Gasteiger partial charge on any atom is 0.253 e. The maximum atomic E-state index is 12.9. The molecule has 2 N–H and O–H groups in total. The van der Waals surface area contributed by atoms with Crippen LogP contribution in [0.15, 0.2) is 36.7 Å². The van der Waals surface area contributed by atoms with Gasteiger partial charge in [0.2, 0.25) is 0 Å². The Kier molecular flexibility index (Phi) is 4.43. The Balaban J connectivity index is 1.58. The van der Waals surface area contributed by atoms with Gasteiger partial charge in [0.1, 0.15) is 11.2 Å². The van der Waals surface area contributed by atoms with E-state index in [1.807, 2.05) is 59.6 Å². The van der Waals surface area contributed by atoms with E-state index >= 15 is 0 Å². The number of aryl methyl sites for hydroxylation is 1. The lowest BCUT2D eigenvalue weighted by Gasteiger charge is -2.26. The predicted octanol–water partition coefficient (Wildman–Crippen LogP) is 3.35. The average molecular weight is 407 g/mol. The molecule has 29 heavy (non-hydrogen) atoms. The van der Waals surface area contributed by atoms with Gasteiger partial charge in [0.15, 0.2) is 5.82 Å². The van der Waals surface area contributed by atoms with Gasteiger partial charge in [-0.2, -0.15) is 11.8 Å². The van der Waals surface area contributed by atoms with Crippen LogP contribution in [-0.4, -0.2) is 62.0 Å². The van der Waals surface area contributed by atoms with E-state index in [1.165, 1.54) is 0 Å². The van der Waals surface area contributed by atoms with Crippen molar-refractivity contribution in [3.63, 3.8) is 0 Å². The Bertz CT molecular complexity index is 1220. The first-order chi connectivity index (χ1) is 14.2. The summed E-state index contributed by atoms with van der Waals surface area (Å²) in [7, 11) is 3.83. The van der Waals surface area contributed by atoms with Gasteiger partial charge in [-0.25, -0.2) is 9.97 Å². The SMILES string of the molecule is CNc1nc2[nH]c(-c3cccc(C(=O)N4CCSCC4)c3)cc2c2c1ncn2C. The third-order valence-electron chi connectivity index (χ3n) is 5.39. The third-order valence-corrected chi connectivity index (χ3v) is 6.34. The summed E-state index contributed by atoms with van der Waals surface area (Å²) in [6.07, 6.45) is 1.80. The number of hydrogen-bond donors (Lipinski definition) is 2.